The molecule has 0 spiro atoms. The molecule has 1 amide bonds. The molecule has 0 aliphatic carbocycles. The van der Waals surface area contributed by atoms with E-state index in [0.717, 1.165) is 43.4 Å². The fraction of sp³-hybridized carbons (Fsp3) is 0.615. The number of piperazine rings is 1. The lowest BCUT2D eigenvalue weighted by atomic mass is 10.1. The Bertz CT molecular complexity index is 504. The van der Waals surface area contributed by atoms with E-state index >= 15 is 0 Å². The minimum Gasteiger partial charge on any atom is -0.337 e. The molecule has 2 aliphatic rings. The van der Waals surface area contributed by atoms with Gasteiger partial charge in [0.2, 0.25) is 11.9 Å². The third-order valence-corrected chi connectivity index (χ3v) is 3.88. The van der Waals surface area contributed by atoms with Crippen LogP contribution in [0.5, 0.6) is 0 Å². The summed E-state index contributed by atoms with van der Waals surface area (Å²) in [5, 5.41) is 0. The second-order valence-electron chi connectivity index (χ2n) is 5.23. The van der Waals surface area contributed by atoms with Gasteiger partial charge in [0.15, 0.2) is 0 Å². The van der Waals surface area contributed by atoms with Crippen molar-refractivity contribution in [2.45, 2.75) is 32.4 Å². The van der Waals surface area contributed by atoms with Crippen LogP contribution in [0.3, 0.4) is 0 Å². The van der Waals surface area contributed by atoms with Crippen molar-refractivity contribution < 1.29 is 4.79 Å². The third kappa shape index (κ3) is 2.28. The number of fused-ring (bicyclic) bond motifs is 1. The Hall–Kier alpha value is -1.69. The van der Waals surface area contributed by atoms with Gasteiger partial charge in [-0.1, -0.05) is 0 Å². The Morgan fingerprint density at radius 2 is 2.26 bits per heavy atom. The van der Waals surface area contributed by atoms with E-state index in [1.807, 2.05) is 17.9 Å². The maximum Gasteiger partial charge on any atom is 0.225 e. The van der Waals surface area contributed by atoms with Crippen LogP contribution in [0.1, 0.15) is 24.2 Å². The lowest BCUT2D eigenvalue weighted by molar-refractivity contribution is -0.129. The molecule has 2 aliphatic heterocycles. The number of aromatic nitrogens is 2. The van der Waals surface area contributed by atoms with Gasteiger partial charge in [-0.3, -0.25) is 4.79 Å². The molecule has 1 atom stereocenters. The smallest absolute Gasteiger partial charge is 0.225 e. The van der Waals surface area contributed by atoms with E-state index in [9.17, 15) is 4.79 Å². The van der Waals surface area contributed by atoms with Crippen molar-refractivity contribution in [2.24, 2.45) is 5.73 Å². The number of nitrogens with zero attached hydrogens (tertiary/aromatic N) is 4. The van der Waals surface area contributed by atoms with E-state index < -0.39 is 0 Å². The van der Waals surface area contributed by atoms with Gasteiger partial charge in [0.05, 0.1) is 5.69 Å². The summed E-state index contributed by atoms with van der Waals surface area (Å²) in [6.45, 7) is 4.80. The van der Waals surface area contributed by atoms with Crippen LogP contribution in [-0.4, -0.2) is 46.5 Å². The van der Waals surface area contributed by atoms with E-state index in [1.54, 1.807) is 0 Å². The highest BCUT2D eigenvalue weighted by molar-refractivity contribution is 5.79. The molecule has 0 radical (unpaired) electrons. The molecule has 0 bridgehead atoms. The summed E-state index contributed by atoms with van der Waals surface area (Å²) in [6.07, 6.45) is 1.63. The number of aryl methyl sites for hydroxylation is 1. The van der Waals surface area contributed by atoms with E-state index in [-0.39, 0.29) is 5.91 Å². The normalized spacial score (nSPS) is 22.8. The molecule has 2 fully saturated rings. The summed E-state index contributed by atoms with van der Waals surface area (Å²) in [7, 11) is 0. The van der Waals surface area contributed by atoms with Gasteiger partial charge in [0, 0.05) is 44.3 Å². The highest BCUT2D eigenvalue weighted by Crippen LogP contribution is 2.24. The second-order valence-corrected chi connectivity index (χ2v) is 5.23. The molecule has 3 heterocycles. The topological polar surface area (TPSA) is 75.3 Å². The molecule has 2 saturated heterocycles. The van der Waals surface area contributed by atoms with Gasteiger partial charge in [0.1, 0.15) is 0 Å². The van der Waals surface area contributed by atoms with Gasteiger partial charge in [-0.15, -0.1) is 0 Å². The first-order valence-corrected chi connectivity index (χ1v) is 6.76. The number of hydrogen-bond acceptors (Lipinski definition) is 5. The van der Waals surface area contributed by atoms with Crippen molar-refractivity contribution in [2.75, 3.05) is 24.5 Å². The Morgan fingerprint density at radius 3 is 3.05 bits per heavy atom. The number of carbonyl (C=O) groups excluding carboxylic acids is 1. The van der Waals surface area contributed by atoms with Crippen LogP contribution in [0, 0.1) is 6.92 Å². The number of rotatable bonds is 2. The van der Waals surface area contributed by atoms with Crippen molar-refractivity contribution in [3.63, 3.8) is 0 Å². The van der Waals surface area contributed by atoms with Gasteiger partial charge in [0.25, 0.3) is 0 Å². The first kappa shape index (κ1) is 12.3. The third-order valence-electron chi connectivity index (χ3n) is 3.88. The largest absolute Gasteiger partial charge is 0.337 e. The van der Waals surface area contributed by atoms with E-state index in [2.05, 4.69) is 14.9 Å². The summed E-state index contributed by atoms with van der Waals surface area (Å²) >= 11 is 0. The Labute approximate surface area is 112 Å². The summed E-state index contributed by atoms with van der Waals surface area (Å²) in [5.41, 5.74) is 7.47. The summed E-state index contributed by atoms with van der Waals surface area (Å²) in [6, 6.07) is 2.24. The van der Waals surface area contributed by atoms with Crippen LogP contribution in [-0.2, 0) is 11.3 Å². The van der Waals surface area contributed by atoms with Crippen LogP contribution in [0.4, 0.5) is 5.95 Å². The van der Waals surface area contributed by atoms with E-state index in [4.69, 9.17) is 5.73 Å². The molecule has 0 saturated carbocycles. The van der Waals surface area contributed by atoms with Crippen LogP contribution in [0.2, 0.25) is 0 Å². The molecular weight excluding hydrogens is 242 g/mol. The standard InChI is InChI=1S/C13H19N5O/c1-9-6-10(7-14)16-13(15-9)17-4-5-18-11(8-17)2-3-12(18)19/h6,11H,2-5,7-8,14H2,1H3. The first-order valence-electron chi connectivity index (χ1n) is 6.76. The molecule has 1 unspecified atom stereocenters. The van der Waals surface area contributed by atoms with E-state index in [0.29, 0.717) is 19.0 Å². The van der Waals surface area contributed by atoms with Gasteiger partial charge in [-0.2, -0.15) is 0 Å². The van der Waals surface area contributed by atoms with Crippen LogP contribution < -0.4 is 10.6 Å². The summed E-state index contributed by atoms with van der Waals surface area (Å²) < 4.78 is 0. The van der Waals surface area contributed by atoms with Gasteiger partial charge < -0.3 is 15.5 Å². The highest BCUT2D eigenvalue weighted by atomic mass is 16.2. The van der Waals surface area contributed by atoms with Gasteiger partial charge in [-0.05, 0) is 19.4 Å². The van der Waals surface area contributed by atoms with Crippen molar-refractivity contribution in [3.05, 3.63) is 17.5 Å². The Balaban J connectivity index is 1.80. The quantitative estimate of drug-likeness (QED) is 0.814. The maximum absolute atomic E-state index is 11.7. The van der Waals surface area contributed by atoms with Crippen molar-refractivity contribution in [1.29, 1.82) is 0 Å². The summed E-state index contributed by atoms with van der Waals surface area (Å²) in [5.74, 6) is 1.04. The molecule has 6 nitrogen and oxygen atoms in total. The SMILES string of the molecule is Cc1cc(CN)nc(N2CCN3C(=O)CCC3C2)n1. The predicted molar refractivity (Wildman–Crippen MR) is 71.6 cm³/mol. The fourth-order valence-electron chi connectivity index (χ4n) is 2.91. The lowest BCUT2D eigenvalue weighted by Gasteiger charge is -2.37. The average Bonchev–Trinajstić information content (AvgIpc) is 2.79. The minimum atomic E-state index is 0.289. The molecule has 19 heavy (non-hydrogen) atoms. The highest BCUT2D eigenvalue weighted by Gasteiger charge is 2.36. The number of anilines is 1. The van der Waals surface area contributed by atoms with Crippen LogP contribution >= 0.6 is 0 Å². The zero-order valence-corrected chi connectivity index (χ0v) is 11.2. The van der Waals surface area contributed by atoms with Crippen LogP contribution in [0.25, 0.3) is 0 Å². The van der Waals surface area contributed by atoms with Gasteiger partial charge >= 0.3 is 0 Å². The second kappa shape index (κ2) is 4.77. The maximum atomic E-state index is 11.7. The van der Waals surface area contributed by atoms with Crippen LogP contribution in [0.15, 0.2) is 6.07 Å². The zero-order chi connectivity index (χ0) is 13.4. The minimum absolute atomic E-state index is 0.289. The molecule has 1 aromatic rings. The van der Waals surface area contributed by atoms with Gasteiger partial charge in [-0.25, -0.2) is 9.97 Å². The summed E-state index contributed by atoms with van der Waals surface area (Å²) in [4.78, 5) is 24.8. The van der Waals surface area contributed by atoms with Crippen molar-refractivity contribution in [1.82, 2.24) is 14.9 Å². The molecular formula is C13H19N5O. The number of amides is 1. The van der Waals surface area contributed by atoms with Crippen molar-refractivity contribution in [3.8, 4) is 0 Å². The molecule has 6 heteroatoms. The molecule has 0 aromatic carbocycles. The average molecular weight is 261 g/mol. The molecule has 102 valence electrons. The fourth-order valence-corrected chi connectivity index (χ4v) is 2.91. The number of hydrogen-bond donors (Lipinski definition) is 1. The Morgan fingerprint density at radius 1 is 1.42 bits per heavy atom. The van der Waals surface area contributed by atoms with Crippen molar-refractivity contribution >= 4 is 11.9 Å². The first-order chi connectivity index (χ1) is 9.17. The zero-order valence-electron chi connectivity index (χ0n) is 11.2. The molecule has 2 N–H and O–H groups in total. The molecule has 1 aromatic heterocycles. The predicted octanol–water partition coefficient (Wildman–Crippen LogP) is 0.0547. The number of nitrogens with two attached hydrogens (primary N) is 1. The molecule has 3 rings (SSSR count). The Kier molecular flexibility index (Phi) is 3.10. The monoisotopic (exact) mass is 261 g/mol. The lowest BCUT2D eigenvalue weighted by Crippen LogP contribution is -2.52. The number of carbonyl (C=O) groups is 1. The van der Waals surface area contributed by atoms with E-state index in [1.165, 1.54) is 0 Å².